The summed E-state index contributed by atoms with van der Waals surface area (Å²) in [6.45, 7) is 10.5. The van der Waals surface area contributed by atoms with Crippen LogP contribution in [0.1, 0.15) is 32.3 Å². The van der Waals surface area contributed by atoms with Crippen molar-refractivity contribution in [2.24, 2.45) is 0 Å². The third-order valence-corrected chi connectivity index (χ3v) is 3.79. The van der Waals surface area contributed by atoms with Crippen LogP contribution in [0.25, 0.3) is 0 Å². The summed E-state index contributed by atoms with van der Waals surface area (Å²) in [5.74, 6) is 0. The molecule has 3 nitrogen and oxygen atoms in total. The molecule has 0 fully saturated rings. The number of nitrogens with zero attached hydrogens (tertiary/aromatic N) is 1. The Hall–Kier alpha value is -1.06. The van der Waals surface area contributed by atoms with Crippen molar-refractivity contribution in [2.45, 2.75) is 39.7 Å². The van der Waals surface area contributed by atoms with E-state index in [4.69, 9.17) is 4.74 Å². The van der Waals surface area contributed by atoms with E-state index in [1.807, 2.05) is 0 Å². The van der Waals surface area contributed by atoms with Crippen molar-refractivity contribution < 1.29 is 4.74 Å². The van der Waals surface area contributed by atoms with Crippen LogP contribution in [0.5, 0.6) is 0 Å². The lowest BCUT2D eigenvalue weighted by atomic mass is 10.1. The first kappa shape index (κ1) is 17.0. The zero-order valence-electron chi connectivity index (χ0n) is 13.5. The number of hydrogen-bond donors (Lipinski definition) is 1. The van der Waals surface area contributed by atoms with Crippen LogP contribution in [0.2, 0.25) is 0 Å². The second-order valence-corrected chi connectivity index (χ2v) is 5.30. The fraction of sp³-hybridized carbons (Fsp3) is 0.647. The summed E-state index contributed by atoms with van der Waals surface area (Å²) in [7, 11) is 1.77. The topological polar surface area (TPSA) is 24.5 Å². The second-order valence-electron chi connectivity index (χ2n) is 5.30. The van der Waals surface area contributed by atoms with E-state index in [1.54, 1.807) is 7.11 Å². The maximum Gasteiger partial charge on any atom is 0.0589 e. The molecule has 0 saturated heterocycles. The van der Waals surface area contributed by atoms with Crippen molar-refractivity contribution in [3.8, 4) is 0 Å². The lowest BCUT2D eigenvalue weighted by Gasteiger charge is -2.30. The molecule has 0 spiro atoms. The number of hydrogen-bond acceptors (Lipinski definition) is 3. The van der Waals surface area contributed by atoms with E-state index in [0.29, 0.717) is 6.04 Å². The first-order valence-electron chi connectivity index (χ1n) is 7.74. The van der Waals surface area contributed by atoms with Crippen LogP contribution in [-0.4, -0.2) is 44.3 Å². The molecule has 0 saturated carbocycles. The normalized spacial score (nSPS) is 11.3. The first-order chi connectivity index (χ1) is 9.71. The van der Waals surface area contributed by atoms with E-state index >= 15 is 0 Å². The van der Waals surface area contributed by atoms with Crippen molar-refractivity contribution in [3.63, 3.8) is 0 Å². The fourth-order valence-electron chi connectivity index (χ4n) is 2.59. The molecule has 20 heavy (non-hydrogen) atoms. The van der Waals surface area contributed by atoms with Crippen LogP contribution in [-0.2, 0) is 4.74 Å². The van der Waals surface area contributed by atoms with Gasteiger partial charge in [0.25, 0.3) is 0 Å². The van der Waals surface area contributed by atoms with E-state index in [0.717, 1.165) is 26.2 Å². The van der Waals surface area contributed by atoms with Gasteiger partial charge in [-0.15, -0.1) is 0 Å². The molecule has 1 N–H and O–H groups in total. The lowest BCUT2D eigenvalue weighted by molar-refractivity contribution is 0.118. The monoisotopic (exact) mass is 278 g/mol. The molecule has 0 radical (unpaired) electrons. The number of anilines is 1. The van der Waals surface area contributed by atoms with E-state index in [-0.39, 0.29) is 0 Å². The van der Waals surface area contributed by atoms with Gasteiger partial charge in [0.2, 0.25) is 0 Å². The minimum atomic E-state index is 0.657. The summed E-state index contributed by atoms with van der Waals surface area (Å²) < 4.78 is 5.23. The van der Waals surface area contributed by atoms with Crippen molar-refractivity contribution in [1.29, 1.82) is 0 Å². The smallest absolute Gasteiger partial charge is 0.0589 e. The molecule has 0 aliphatic carbocycles. The van der Waals surface area contributed by atoms with E-state index in [2.05, 4.69) is 55.3 Å². The molecule has 0 aromatic heterocycles. The molecule has 3 heteroatoms. The van der Waals surface area contributed by atoms with Crippen molar-refractivity contribution in [2.75, 3.05) is 38.7 Å². The summed E-state index contributed by atoms with van der Waals surface area (Å²) in [6, 6.07) is 9.20. The molecule has 114 valence electrons. The van der Waals surface area contributed by atoms with E-state index in [9.17, 15) is 0 Å². The van der Waals surface area contributed by atoms with Crippen molar-refractivity contribution in [3.05, 3.63) is 29.8 Å². The van der Waals surface area contributed by atoms with Crippen LogP contribution < -0.4 is 5.32 Å². The molecule has 1 rings (SSSR count). The van der Waals surface area contributed by atoms with Crippen LogP contribution in [0.15, 0.2) is 24.3 Å². The van der Waals surface area contributed by atoms with E-state index < -0.39 is 0 Å². The molecule has 0 unspecified atom stereocenters. The Morgan fingerprint density at radius 1 is 1.20 bits per heavy atom. The minimum absolute atomic E-state index is 0.657. The number of aryl methyl sites for hydroxylation is 1. The van der Waals surface area contributed by atoms with Gasteiger partial charge in [-0.3, -0.25) is 4.90 Å². The highest BCUT2D eigenvalue weighted by Crippen LogP contribution is 2.11. The highest BCUT2D eigenvalue weighted by Gasteiger charge is 2.14. The fourth-order valence-corrected chi connectivity index (χ4v) is 2.59. The maximum atomic E-state index is 5.23. The highest BCUT2D eigenvalue weighted by molar-refractivity contribution is 5.45. The molecular weight excluding hydrogens is 248 g/mol. The number of methoxy groups -OCH3 is 1. The predicted octanol–water partition coefficient (Wildman–Crippen LogP) is 3.54. The quantitative estimate of drug-likeness (QED) is 0.708. The van der Waals surface area contributed by atoms with Crippen LogP contribution in [0, 0.1) is 6.92 Å². The van der Waals surface area contributed by atoms with Crippen LogP contribution in [0.4, 0.5) is 5.69 Å². The minimum Gasteiger partial charge on any atom is -0.384 e. The first-order valence-corrected chi connectivity index (χ1v) is 7.74. The van der Waals surface area contributed by atoms with Gasteiger partial charge in [-0.25, -0.2) is 0 Å². The molecule has 0 aliphatic heterocycles. The lowest BCUT2D eigenvalue weighted by Crippen LogP contribution is -2.40. The third kappa shape index (κ3) is 5.93. The Bertz CT molecular complexity index is 364. The average Bonchev–Trinajstić information content (AvgIpc) is 2.45. The molecular formula is C17H30N2O. The van der Waals surface area contributed by atoms with Crippen molar-refractivity contribution >= 4 is 5.69 Å². The number of benzene rings is 1. The standard InChI is InChI=1S/C17H30N2O/c1-5-17(6-2)19(12-13-20-4)11-10-18-16-9-7-8-15(3)14-16/h7-9,14,17-18H,5-6,10-13H2,1-4H3. The van der Waals surface area contributed by atoms with Gasteiger partial charge in [-0.05, 0) is 37.5 Å². The molecule has 0 aliphatic rings. The maximum absolute atomic E-state index is 5.23. The summed E-state index contributed by atoms with van der Waals surface area (Å²) in [5, 5.41) is 3.51. The van der Waals surface area contributed by atoms with E-state index in [1.165, 1.54) is 24.1 Å². The van der Waals surface area contributed by atoms with Gasteiger partial charge in [-0.2, -0.15) is 0 Å². The molecule has 1 aromatic carbocycles. The summed E-state index contributed by atoms with van der Waals surface area (Å²) >= 11 is 0. The van der Waals surface area contributed by atoms with Gasteiger partial charge >= 0.3 is 0 Å². The SMILES string of the molecule is CCC(CC)N(CCNc1cccc(C)c1)CCOC. The molecule has 0 heterocycles. The Morgan fingerprint density at radius 3 is 2.55 bits per heavy atom. The molecule has 0 amide bonds. The van der Waals surface area contributed by atoms with Crippen molar-refractivity contribution in [1.82, 2.24) is 4.90 Å². The predicted molar refractivity (Wildman–Crippen MR) is 87.5 cm³/mol. The number of rotatable bonds is 10. The Morgan fingerprint density at radius 2 is 1.95 bits per heavy atom. The highest BCUT2D eigenvalue weighted by atomic mass is 16.5. The van der Waals surface area contributed by atoms with Gasteiger partial charge in [0.15, 0.2) is 0 Å². The summed E-state index contributed by atoms with van der Waals surface area (Å²) in [5.41, 5.74) is 2.51. The number of ether oxygens (including phenoxy) is 1. The van der Waals surface area contributed by atoms with Gasteiger partial charge in [-0.1, -0.05) is 26.0 Å². The van der Waals surface area contributed by atoms with Gasteiger partial charge < -0.3 is 10.1 Å². The van der Waals surface area contributed by atoms with Gasteiger partial charge in [0, 0.05) is 38.5 Å². The number of nitrogens with one attached hydrogen (secondary N) is 1. The van der Waals surface area contributed by atoms with Gasteiger partial charge in [0.05, 0.1) is 6.61 Å². The average molecular weight is 278 g/mol. The zero-order valence-corrected chi connectivity index (χ0v) is 13.5. The summed E-state index contributed by atoms with van der Waals surface area (Å²) in [4.78, 5) is 2.53. The summed E-state index contributed by atoms with van der Waals surface area (Å²) in [6.07, 6.45) is 2.40. The molecule has 1 aromatic rings. The third-order valence-electron chi connectivity index (χ3n) is 3.79. The Labute approximate surface area is 124 Å². The largest absolute Gasteiger partial charge is 0.384 e. The Balaban J connectivity index is 2.44. The molecule has 0 atom stereocenters. The van der Waals surface area contributed by atoms with Crippen LogP contribution >= 0.6 is 0 Å². The zero-order chi connectivity index (χ0) is 14.8. The van der Waals surface area contributed by atoms with Gasteiger partial charge in [0.1, 0.15) is 0 Å². The van der Waals surface area contributed by atoms with Crippen LogP contribution in [0.3, 0.4) is 0 Å². The second kappa shape index (κ2) is 9.78. The Kier molecular flexibility index (Phi) is 8.31. The molecule has 0 bridgehead atoms.